The summed E-state index contributed by atoms with van der Waals surface area (Å²) in [6.45, 7) is 2.22. The lowest BCUT2D eigenvalue weighted by molar-refractivity contribution is -0.116. The van der Waals surface area contributed by atoms with Gasteiger partial charge in [0.2, 0.25) is 5.91 Å². The molecule has 9 nitrogen and oxygen atoms in total. The Balaban J connectivity index is 0.000000199. The van der Waals surface area contributed by atoms with Crippen LogP contribution in [-0.2, 0) is 17.9 Å². The van der Waals surface area contributed by atoms with Gasteiger partial charge in [-0.3, -0.25) is 4.79 Å². The van der Waals surface area contributed by atoms with Gasteiger partial charge in [-0.05, 0) is 59.7 Å². The van der Waals surface area contributed by atoms with Crippen molar-refractivity contribution in [1.29, 1.82) is 0 Å². The number of carboxylic acids is 2. The van der Waals surface area contributed by atoms with E-state index >= 15 is 0 Å². The molecule has 1 amide bonds. The van der Waals surface area contributed by atoms with Gasteiger partial charge >= 0.3 is 11.9 Å². The molecule has 256 valence electrons. The van der Waals surface area contributed by atoms with Gasteiger partial charge in [-0.15, -0.1) is 0 Å². The molecule has 0 aromatic heterocycles. The van der Waals surface area contributed by atoms with E-state index in [1.54, 1.807) is 42.5 Å². The van der Waals surface area contributed by atoms with Crippen LogP contribution in [0.15, 0.2) is 158 Å². The van der Waals surface area contributed by atoms with Crippen LogP contribution in [-0.4, -0.2) is 28.1 Å². The van der Waals surface area contributed by atoms with Crippen molar-refractivity contribution in [2.45, 2.75) is 20.0 Å². The number of carbonyl (C=O) groups is 3. The van der Waals surface area contributed by atoms with E-state index in [1.165, 1.54) is 17.9 Å². The van der Waals surface area contributed by atoms with Crippen molar-refractivity contribution < 1.29 is 34.1 Å². The molecule has 0 heterocycles. The average Bonchev–Trinajstić information content (AvgIpc) is 3.15. The van der Waals surface area contributed by atoms with Crippen LogP contribution < -0.4 is 19.7 Å². The Hall–Kier alpha value is -6.87. The molecule has 6 rings (SSSR count). The monoisotopic (exact) mass is 680 g/mol. The van der Waals surface area contributed by atoms with Gasteiger partial charge in [-0.25, -0.2) is 9.59 Å². The van der Waals surface area contributed by atoms with E-state index in [1.807, 2.05) is 109 Å². The van der Waals surface area contributed by atoms with Crippen LogP contribution in [0.4, 0.5) is 11.4 Å². The number of amides is 1. The Morgan fingerprint density at radius 2 is 1.00 bits per heavy atom. The third-order valence-corrected chi connectivity index (χ3v) is 7.56. The van der Waals surface area contributed by atoms with Crippen LogP contribution in [0.1, 0.15) is 38.8 Å². The zero-order chi connectivity index (χ0) is 36.0. The lowest BCUT2D eigenvalue weighted by atomic mass is 10.1. The smallest absolute Gasteiger partial charge is 0.337 e. The predicted molar refractivity (Wildman–Crippen MR) is 197 cm³/mol. The highest BCUT2D eigenvalue weighted by atomic mass is 16.5. The Labute approximate surface area is 296 Å². The second-order valence-corrected chi connectivity index (χ2v) is 11.3. The van der Waals surface area contributed by atoms with E-state index in [9.17, 15) is 24.6 Å². The van der Waals surface area contributed by atoms with Crippen LogP contribution in [0.3, 0.4) is 0 Å². The largest absolute Gasteiger partial charge is 0.478 e. The topological polar surface area (TPSA) is 125 Å². The third-order valence-electron chi connectivity index (χ3n) is 7.56. The molecular formula is C42H36N2O7. The van der Waals surface area contributed by atoms with Gasteiger partial charge in [0.05, 0.1) is 29.0 Å². The van der Waals surface area contributed by atoms with E-state index in [0.29, 0.717) is 40.9 Å². The molecule has 0 spiro atoms. The van der Waals surface area contributed by atoms with Gasteiger partial charge in [0.1, 0.15) is 23.0 Å². The molecule has 0 saturated carbocycles. The summed E-state index contributed by atoms with van der Waals surface area (Å²) in [6.07, 6.45) is 0. The fourth-order valence-electron chi connectivity index (χ4n) is 5.07. The normalized spacial score (nSPS) is 10.2. The second kappa shape index (κ2) is 17.5. The lowest BCUT2D eigenvalue weighted by Crippen LogP contribution is -2.29. The van der Waals surface area contributed by atoms with Crippen molar-refractivity contribution in [3.05, 3.63) is 180 Å². The summed E-state index contributed by atoms with van der Waals surface area (Å²) in [7, 11) is 0. The van der Waals surface area contributed by atoms with Crippen LogP contribution in [0.5, 0.6) is 23.0 Å². The quantitative estimate of drug-likeness (QED) is 0.117. The number of hydrogen-bond acceptors (Lipinski definition) is 6. The first kappa shape index (κ1) is 35.4. The highest BCUT2D eigenvalue weighted by Crippen LogP contribution is 2.31. The number of para-hydroxylation sites is 2. The SMILES string of the molecule is CC(=O)N(Cc1ccccc1)c1cc(Oc2ccccc2)ccc1C(=O)O.O=C(O)c1ccc(Oc2ccccc2)cc1NCc1ccccc1. The first-order valence-corrected chi connectivity index (χ1v) is 16.1. The molecule has 0 atom stereocenters. The average molecular weight is 681 g/mol. The summed E-state index contributed by atoms with van der Waals surface area (Å²) in [5.41, 5.74) is 3.06. The second-order valence-electron chi connectivity index (χ2n) is 11.3. The molecule has 0 aliphatic carbocycles. The predicted octanol–water partition coefficient (Wildman–Crippen LogP) is 9.52. The molecular weight excluding hydrogens is 644 g/mol. The molecule has 6 aromatic rings. The third kappa shape index (κ3) is 10.3. The number of carbonyl (C=O) groups excluding carboxylic acids is 1. The summed E-state index contributed by atoms with van der Waals surface area (Å²) in [5.74, 6) is 0.0476. The van der Waals surface area contributed by atoms with Gasteiger partial charge in [-0.2, -0.15) is 0 Å². The fraction of sp³-hybridized carbons (Fsp3) is 0.0714. The van der Waals surface area contributed by atoms with Crippen molar-refractivity contribution in [2.75, 3.05) is 10.2 Å². The molecule has 0 radical (unpaired) electrons. The Kier molecular flexibility index (Phi) is 12.2. The Bertz CT molecular complexity index is 2060. The molecule has 9 heteroatoms. The number of carboxylic acid groups (broad SMARTS) is 2. The molecule has 0 fully saturated rings. The summed E-state index contributed by atoms with van der Waals surface area (Å²) < 4.78 is 11.6. The highest BCUT2D eigenvalue weighted by Gasteiger charge is 2.21. The number of hydrogen-bond donors (Lipinski definition) is 3. The van der Waals surface area contributed by atoms with Crippen molar-refractivity contribution >= 4 is 29.2 Å². The van der Waals surface area contributed by atoms with E-state index < -0.39 is 11.9 Å². The number of nitrogens with zero attached hydrogens (tertiary/aromatic N) is 1. The first-order chi connectivity index (χ1) is 24.8. The zero-order valence-electron chi connectivity index (χ0n) is 27.8. The summed E-state index contributed by atoms with van der Waals surface area (Å²) in [4.78, 5) is 36.8. The van der Waals surface area contributed by atoms with E-state index in [0.717, 1.165) is 11.1 Å². The minimum atomic E-state index is -1.10. The number of aromatic carboxylic acids is 2. The van der Waals surface area contributed by atoms with Crippen molar-refractivity contribution in [3.8, 4) is 23.0 Å². The maximum atomic E-state index is 12.3. The van der Waals surface area contributed by atoms with Crippen LogP contribution in [0.2, 0.25) is 0 Å². The van der Waals surface area contributed by atoms with Gasteiger partial charge in [-0.1, -0.05) is 97.1 Å². The van der Waals surface area contributed by atoms with Crippen LogP contribution >= 0.6 is 0 Å². The van der Waals surface area contributed by atoms with Gasteiger partial charge in [0.25, 0.3) is 0 Å². The summed E-state index contributed by atoms with van der Waals surface area (Å²) in [5, 5.41) is 22.1. The zero-order valence-corrected chi connectivity index (χ0v) is 27.8. The molecule has 0 aliphatic rings. The fourth-order valence-corrected chi connectivity index (χ4v) is 5.07. The maximum absolute atomic E-state index is 12.3. The van der Waals surface area contributed by atoms with Crippen molar-refractivity contribution in [2.24, 2.45) is 0 Å². The number of benzene rings is 6. The maximum Gasteiger partial charge on any atom is 0.337 e. The molecule has 0 saturated heterocycles. The van der Waals surface area contributed by atoms with Crippen molar-refractivity contribution in [1.82, 2.24) is 0 Å². The van der Waals surface area contributed by atoms with Crippen molar-refractivity contribution in [3.63, 3.8) is 0 Å². The number of rotatable bonds is 12. The molecule has 0 unspecified atom stereocenters. The molecule has 6 aromatic carbocycles. The number of ether oxygens (including phenoxy) is 2. The number of nitrogens with one attached hydrogen (secondary N) is 1. The first-order valence-electron chi connectivity index (χ1n) is 16.1. The van der Waals surface area contributed by atoms with E-state index in [-0.39, 0.29) is 23.6 Å². The number of anilines is 2. The standard InChI is InChI=1S/C22H19NO4.C20H17NO3/c1-16(24)23(15-17-8-4-2-5-9-17)21-14-19(12-13-20(21)22(25)26)27-18-10-6-3-7-11-18;22-20(23)18-12-11-17(24-16-9-5-2-6-10-16)13-19(18)21-14-15-7-3-1-4-8-15/h2-14H,15H2,1H3,(H,25,26);1-13,21H,14H2,(H,22,23). The molecule has 3 N–H and O–H groups in total. The van der Waals surface area contributed by atoms with E-state index in [4.69, 9.17) is 9.47 Å². The van der Waals surface area contributed by atoms with Gasteiger partial charge < -0.3 is 29.9 Å². The minimum absolute atomic E-state index is 0.0431. The Morgan fingerprint density at radius 3 is 1.49 bits per heavy atom. The molecule has 0 bridgehead atoms. The summed E-state index contributed by atoms with van der Waals surface area (Å²) >= 11 is 0. The lowest BCUT2D eigenvalue weighted by Gasteiger charge is -2.24. The Morgan fingerprint density at radius 1 is 0.549 bits per heavy atom. The van der Waals surface area contributed by atoms with Gasteiger partial charge in [0.15, 0.2) is 0 Å². The highest BCUT2D eigenvalue weighted by molar-refractivity contribution is 6.01. The van der Waals surface area contributed by atoms with Crippen LogP contribution in [0, 0.1) is 0 Å². The van der Waals surface area contributed by atoms with Crippen LogP contribution in [0.25, 0.3) is 0 Å². The minimum Gasteiger partial charge on any atom is -0.478 e. The van der Waals surface area contributed by atoms with Gasteiger partial charge in [0, 0.05) is 25.6 Å². The molecule has 0 aliphatic heterocycles. The van der Waals surface area contributed by atoms with E-state index in [2.05, 4.69) is 5.32 Å². The molecule has 51 heavy (non-hydrogen) atoms. The summed E-state index contributed by atoms with van der Waals surface area (Å²) in [6, 6.07) is 47.3.